The molecule has 0 saturated heterocycles. The van der Waals surface area contributed by atoms with Crippen molar-refractivity contribution in [1.29, 1.82) is 0 Å². The van der Waals surface area contributed by atoms with E-state index in [1.807, 2.05) is 0 Å². The number of nitrogens with zero attached hydrogens (tertiary/aromatic N) is 1. The first-order chi connectivity index (χ1) is 13.8. The minimum absolute atomic E-state index is 0.0148. The lowest BCUT2D eigenvalue weighted by molar-refractivity contribution is -0.143. The summed E-state index contributed by atoms with van der Waals surface area (Å²) in [7, 11) is -3.71. The van der Waals surface area contributed by atoms with Crippen LogP contribution >= 0.6 is 0 Å². The second kappa shape index (κ2) is 12.2. The second-order valence-electron chi connectivity index (χ2n) is 5.95. The molecule has 0 aliphatic carbocycles. The third kappa shape index (κ3) is 7.82. The van der Waals surface area contributed by atoms with E-state index in [1.54, 1.807) is 20.8 Å². The first-order valence-electron chi connectivity index (χ1n) is 9.45. The molecule has 1 aromatic carbocycles. The molecule has 1 amide bonds. The fraction of sp³-hybridized carbons (Fsp3) is 0.526. The fourth-order valence-corrected chi connectivity index (χ4v) is 3.96. The molecule has 0 aromatic heterocycles. The summed E-state index contributed by atoms with van der Waals surface area (Å²) in [5, 5.41) is 2.53. The monoisotopic (exact) mass is 428 g/mol. The first kappa shape index (κ1) is 24.6. The Labute approximate surface area is 171 Å². The van der Waals surface area contributed by atoms with Crippen molar-refractivity contribution in [2.75, 3.05) is 32.8 Å². The van der Waals surface area contributed by atoms with Crippen LogP contribution in [0.15, 0.2) is 29.2 Å². The zero-order valence-electron chi connectivity index (χ0n) is 17.0. The Morgan fingerprint density at radius 3 is 2.38 bits per heavy atom. The molecular weight excluding hydrogens is 400 g/mol. The summed E-state index contributed by atoms with van der Waals surface area (Å²) in [5.41, 5.74) is 0.0355. The Bertz CT molecular complexity index is 805. The number of ether oxygens (including phenoxy) is 2. The molecule has 0 heterocycles. The van der Waals surface area contributed by atoms with Crippen LogP contribution in [0.2, 0.25) is 0 Å². The number of rotatable bonds is 12. The van der Waals surface area contributed by atoms with Gasteiger partial charge in [-0.3, -0.25) is 9.59 Å². The van der Waals surface area contributed by atoms with Crippen molar-refractivity contribution < 1.29 is 32.3 Å². The molecule has 0 atom stereocenters. The first-order valence-corrected chi connectivity index (χ1v) is 10.9. The molecule has 0 spiro atoms. The van der Waals surface area contributed by atoms with Crippen LogP contribution in [-0.4, -0.2) is 63.4 Å². The lowest BCUT2D eigenvalue weighted by Crippen LogP contribution is -2.31. The summed E-state index contributed by atoms with van der Waals surface area (Å²) in [5.74, 6) is -1.66. The number of carbonyl (C=O) groups excluding carboxylic acids is 3. The summed E-state index contributed by atoms with van der Waals surface area (Å²) < 4.78 is 36.1. The van der Waals surface area contributed by atoms with E-state index in [2.05, 4.69) is 5.32 Å². The molecule has 1 N–H and O–H groups in total. The second-order valence-corrected chi connectivity index (χ2v) is 7.89. The molecular formula is C19H28N2O7S. The predicted octanol–water partition coefficient (Wildman–Crippen LogP) is 1.33. The van der Waals surface area contributed by atoms with E-state index in [-0.39, 0.29) is 29.4 Å². The SMILES string of the molecule is CCOC(=O)CCCNC(=O)COC(=O)c1cccc(S(=O)(=O)N(CC)CC)c1. The average molecular weight is 429 g/mol. The summed E-state index contributed by atoms with van der Waals surface area (Å²) in [4.78, 5) is 35.1. The van der Waals surface area contributed by atoms with Gasteiger partial charge in [0.15, 0.2) is 6.61 Å². The Kier molecular flexibility index (Phi) is 10.3. The summed E-state index contributed by atoms with van der Waals surface area (Å²) in [6, 6.07) is 5.50. The van der Waals surface area contributed by atoms with Crippen LogP contribution in [0, 0.1) is 0 Å². The molecule has 0 aliphatic rings. The molecule has 0 unspecified atom stereocenters. The van der Waals surface area contributed by atoms with Crippen molar-refractivity contribution in [2.24, 2.45) is 0 Å². The lowest BCUT2D eigenvalue weighted by Gasteiger charge is -2.18. The molecule has 9 nitrogen and oxygen atoms in total. The number of carbonyl (C=O) groups is 3. The number of amides is 1. The molecule has 10 heteroatoms. The molecule has 1 rings (SSSR count). The number of sulfonamides is 1. The maximum absolute atomic E-state index is 12.5. The number of nitrogens with one attached hydrogen (secondary N) is 1. The van der Waals surface area contributed by atoms with Crippen molar-refractivity contribution in [3.63, 3.8) is 0 Å². The van der Waals surface area contributed by atoms with Crippen LogP contribution < -0.4 is 5.32 Å². The minimum atomic E-state index is -3.71. The van der Waals surface area contributed by atoms with Gasteiger partial charge in [-0.15, -0.1) is 0 Å². The summed E-state index contributed by atoms with van der Waals surface area (Å²) in [6.07, 6.45) is 0.589. The summed E-state index contributed by atoms with van der Waals surface area (Å²) in [6.45, 7) is 5.82. The molecule has 0 fully saturated rings. The Morgan fingerprint density at radius 1 is 1.07 bits per heavy atom. The van der Waals surface area contributed by atoms with E-state index in [1.165, 1.54) is 28.6 Å². The van der Waals surface area contributed by atoms with E-state index in [9.17, 15) is 22.8 Å². The highest BCUT2D eigenvalue weighted by molar-refractivity contribution is 7.89. The van der Waals surface area contributed by atoms with Crippen molar-refractivity contribution in [2.45, 2.75) is 38.5 Å². The number of esters is 2. The van der Waals surface area contributed by atoms with Gasteiger partial charge in [0.05, 0.1) is 17.1 Å². The largest absolute Gasteiger partial charge is 0.466 e. The maximum Gasteiger partial charge on any atom is 0.338 e. The smallest absolute Gasteiger partial charge is 0.338 e. The zero-order chi connectivity index (χ0) is 21.9. The Morgan fingerprint density at radius 2 is 1.76 bits per heavy atom. The minimum Gasteiger partial charge on any atom is -0.466 e. The van der Waals surface area contributed by atoms with Gasteiger partial charge in [0, 0.05) is 26.1 Å². The van der Waals surface area contributed by atoms with Gasteiger partial charge in [0.1, 0.15) is 0 Å². The van der Waals surface area contributed by atoms with Crippen molar-refractivity contribution in [1.82, 2.24) is 9.62 Å². The molecule has 0 bridgehead atoms. The van der Waals surface area contributed by atoms with Gasteiger partial charge in [0.25, 0.3) is 5.91 Å². The van der Waals surface area contributed by atoms with Gasteiger partial charge in [0.2, 0.25) is 10.0 Å². The maximum atomic E-state index is 12.5. The topological polar surface area (TPSA) is 119 Å². The number of benzene rings is 1. The molecule has 1 aromatic rings. The van der Waals surface area contributed by atoms with Crippen LogP contribution in [0.1, 0.15) is 44.0 Å². The van der Waals surface area contributed by atoms with E-state index in [0.29, 0.717) is 26.1 Å². The van der Waals surface area contributed by atoms with Crippen LogP contribution in [-0.2, 0) is 29.1 Å². The highest BCUT2D eigenvalue weighted by atomic mass is 32.2. The van der Waals surface area contributed by atoms with Crippen LogP contribution in [0.4, 0.5) is 0 Å². The van der Waals surface area contributed by atoms with Crippen molar-refractivity contribution in [3.8, 4) is 0 Å². The van der Waals surface area contributed by atoms with E-state index >= 15 is 0 Å². The van der Waals surface area contributed by atoms with Gasteiger partial charge >= 0.3 is 11.9 Å². The van der Waals surface area contributed by atoms with E-state index < -0.39 is 28.5 Å². The third-order valence-electron chi connectivity index (χ3n) is 3.93. The lowest BCUT2D eigenvalue weighted by atomic mass is 10.2. The van der Waals surface area contributed by atoms with Gasteiger partial charge in [-0.05, 0) is 31.5 Å². The van der Waals surface area contributed by atoms with Crippen molar-refractivity contribution in [3.05, 3.63) is 29.8 Å². The molecule has 162 valence electrons. The normalized spacial score (nSPS) is 11.2. The van der Waals surface area contributed by atoms with Gasteiger partial charge in [-0.1, -0.05) is 19.9 Å². The summed E-state index contributed by atoms with van der Waals surface area (Å²) >= 11 is 0. The van der Waals surface area contributed by atoms with E-state index in [4.69, 9.17) is 9.47 Å². The van der Waals surface area contributed by atoms with E-state index in [0.717, 1.165) is 0 Å². The highest BCUT2D eigenvalue weighted by Gasteiger charge is 2.23. The van der Waals surface area contributed by atoms with Crippen LogP contribution in [0.3, 0.4) is 0 Å². The molecule has 29 heavy (non-hydrogen) atoms. The van der Waals surface area contributed by atoms with Crippen LogP contribution in [0.5, 0.6) is 0 Å². The van der Waals surface area contributed by atoms with Gasteiger partial charge in [-0.25, -0.2) is 13.2 Å². The Hall–Kier alpha value is -2.46. The quantitative estimate of drug-likeness (QED) is 0.394. The van der Waals surface area contributed by atoms with Crippen molar-refractivity contribution >= 4 is 27.9 Å². The third-order valence-corrected chi connectivity index (χ3v) is 5.98. The molecule has 0 radical (unpaired) electrons. The average Bonchev–Trinajstić information content (AvgIpc) is 2.70. The molecule has 0 saturated carbocycles. The highest BCUT2D eigenvalue weighted by Crippen LogP contribution is 2.17. The fourth-order valence-electron chi connectivity index (χ4n) is 2.46. The molecule has 0 aliphatic heterocycles. The standard InChI is InChI=1S/C19H28N2O7S/c1-4-21(5-2)29(25,26)16-10-7-9-15(13-16)19(24)28-14-17(22)20-12-8-11-18(23)27-6-3/h7,9-10,13H,4-6,8,11-12,14H2,1-3H3,(H,20,22). The zero-order valence-corrected chi connectivity index (χ0v) is 17.8. The number of hydrogen-bond acceptors (Lipinski definition) is 7. The van der Waals surface area contributed by atoms with Crippen LogP contribution in [0.25, 0.3) is 0 Å². The number of hydrogen-bond donors (Lipinski definition) is 1. The van der Waals surface area contributed by atoms with Gasteiger partial charge < -0.3 is 14.8 Å². The Balaban J connectivity index is 2.57. The predicted molar refractivity (Wildman–Crippen MR) is 106 cm³/mol. The van der Waals surface area contributed by atoms with Gasteiger partial charge in [-0.2, -0.15) is 4.31 Å².